The Labute approximate surface area is 201 Å². The molecule has 182 valence electrons. The fraction of sp³-hybridized carbons (Fsp3) is 0.240. The topological polar surface area (TPSA) is 170 Å². The second-order valence-corrected chi connectivity index (χ2v) is 9.14. The van der Waals surface area contributed by atoms with Gasteiger partial charge in [-0.15, -0.1) is 0 Å². The standard InChI is InChI=1S/C25H20N4O7/c30-8-12-19(31)20(32)21(33)25(36-12)29-18-14(10-5-3-7-26-22(10)29)16-15(23(34)28-24(16)35)13-9-4-1-2-6-11(9)27-17(13)18/h1-7,12,19-21,25,27,30-33H,8H2,(H,28,34,35)/t12-,19-,20+,21-,25-/m1/s1. The Hall–Kier alpha value is -3.87. The number of hydrogen-bond donors (Lipinski definition) is 6. The first-order chi connectivity index (χ1) is 17.4. The number of pyridine rings is 1. The maximum absolute atomic E-state index is 13.1. The molecule has 2 amide bonds. The van der Waals surface area contributed by atoms with Crippen LogP contribution in [0.2, 0.25) is 0 Å². The molecule has 11 nitrogen and oxygen atoms in total. The number of para-hydroxylation sites is 1. The lowest BCUT2D eigenvalue weighted by molar-refractivity contribution is -0.249. The van der Waals surface area contributed by atoms with Crippen LogP contribution in [0.25, 0.3) is 43.7 Å². The van der Waals surface area contributed by atoms with Gasteiger partial charge in [0.25, 0.3) is 11.8 Å². The van der Waals surface area contributed by atoms with Crippen molar-refractivity contribution in [1.29, 1.82) is 0 Å². The molecule has 0 radical (unpaired) electrons. The number of fused-ring (bicyclic) bond motifs is 10. The zero-order valence-electron chi connectivity index (χ0n) is 18.5. The predicted octanol–water partition coefficient (Wildman–Crippen LogP) is 0.680. The molecular weight excluding hydrogens is 468 g/mol. The van der Waals surface area contributed by atoms with Crippen molar-refractivity contribution in [3.63, 3.8) is 0 Å². The van der Waals surface area contributed by atoms with E-state index in [0.29, 0.717) is 32.8 Å². The number of rotatable bonds is 2. The molecule has 2 aromatic carbocycles. The SMILES string of the molecule is O=C1NC(=O)c2c1c1c3ccccc3[nH]c1c1c2c2cccnc2n1[C@@H]1O[C@H](CO)[C@@H](O)[C@H](O)[C@H]1O. The minimum atomic E-state index is -1.62. The molecule has 5 heterocycles. The van der Waals surface area contributed by atoms with Crippen LogP contribution in [0.1, 0.15) is 26.9 Å². The summed E-state index contributed by atoms with van der Waals surface area (Å²) >= 11 is 0. The van der Waals surface area contributed by atoms with E-state index in [1.165, 1.54) is 6.20 Å². The molecular formula is C25H20N4O7. The van der Waals surface area contributed by atoms with Crippen LogP contribution in [0.4, 0.5) is 0 Å². The van der Waals surface area contributed by atoms with Crippen LogP contribution in [0.15, 0.2) is 42.6 Å². The summed E-state index contributed by atoms with van der Waals surface area (Å²) in [7, 11) is 0. The molecule has 2 aliphatic rings. The number of carbonyl (C=O) groups is 2. The maximum Gasteiger partial charge on any atom is 0.259 e. The summed E-state index contributed by atoms with van der Waals surface area (Å²) in [5.74, 6) is -1.06. The molecule has 0 bridgehead atoms. The minimum absolute atomic E-state index is 0.189. The van der Waals surface area contributed by atoms with Gasteiger partial charge in [0.05, 0.1) is 28.8 Å². The van der Waals surface area contributed by atoms with Crippen molar-refractivity contribution in [3.8, 4) is 0 Å². The third-order valence-corrected chi connectivity index (χ3v) is 7.26. The predicted molar refractivity (Wildman–Crippen MR) is 127 cm³/mol. The van der Waals surface area contributed by atoms with Crippen LogP contribution < -0.4 is 5.32 Å². The van der Waals surface area contributed by atoms with Gasteiger partial charge in [-0.2, -0.15) is 0 Å². The Morgan fingerprint density at radius 2 is 1.64 bits per heavy atom. The summed E-state index contributed by atoms with van der Waals surface area (Å²) in [4.78, 5) is 34.0. The summed E-state index contributed by atoms with van der Waals surface area (Å²) in [5.41, 5.74) is 2.45. The number of ether oxygens (including phenoxy) is 1. The van der Waals surface area contributed by atoms with E-state index in [1.807, 2.05) is 24.3 Å². The fourth-order valence-corrected chi connectivity index (χ4v) is 5.69. The lowest BCUT2D eigenvalue weighted by Crippen LogP contribution is -2.56. The van der Waals surface area contributed by atoms with E-state index in [-0.39, 0.29) is 11.1 Å². The van der Waals surface area contributed by atoms with Gasteiger partial charge in [0.1, 0.15) is 30.1 Å². The number of aliphatic hydroxyl groups excluding tert-OH is 4. The number of benzene rings is 2. The third-order valence-electron chi connectivity index (χ3n) is 7.26. The van der Waals surface area contributed by atoms with Crippen molar-refractivity contribution in [2.45, 2.75) is 30.6 Å². The van der Waals surface area contributed by atoms with Crippen molar-refractivity contribution in [1.82, 2.24) is 19.9 Å². The molecule has 1 saturated heterocycles. The van der Waals surface area contributed by atoms with Crippen molar-refractivity contribution < 1.29 is 34.8 Å². The van der Waals surface area contributed by atoms with Gasteiger partial charge in [0.15, 0.2) is 6.23 Å². The molecule has 0 saturated carbocycles. The Morgan fingerprint density at radius 1 is 0.917 bits per heavy atom. The van der Waals surface area contributed by atoms with Crippen molar-refractivity contribution >= 4 is 55.6 Å². The van der Waals surface area contributed by atoms with Crippen molar-refractivity contribution in [3.05, 3.63) is 53.7 Å². The monoisotopic (exact) mass is 488 g/mol. The largest absolute Gasteiger partial charge is 0.394 e. The van der Waals surface area contributed by atoms with Crippen LogP contribution in [-0.2, 0) is 4.74 Å². The van der Waals surface area contributed by atoms with Crippen LogP contribution in [-0.4, -0.2) is 77.8 Å². The zero-order chi connectivity index (χ0) is 24.9. The number of imide groups is 1. The second kappa shape index (κ2) is 7.32. The van der Waals surface area contributed by atoms with E-state index in [0.717, 1.165) is 10.9 Å². The van der Waals surface area contributed by atoms with E-state index < -0.39 is 49.1 Å². The highest BCUT2D eigenvalue weighted by molar-refractivity contribution is 6.39. The van der Waals surface area contributed by atoms with Crippen LogP contribution in [0.3, 0.4) is 0 Å². The molecule has 0 aliphatic carbocycles. The average molecular weight is 488 g/mol. The number of nitrogens with one attached hydrogen (secondary N) is 2. The molecule has 0 unspecified atom stereocenters. The van der Waals surface area contributed by atoms with E-state index in [1.54, 1.807) is 16.7 Å². The molecule has 5 aromatic rings. The first-order valence-corrected chi connectivity index (χ1v) is 11.4. The number of aromatic amines is 1. The lowest BCUT2D eigenvalue weighted by atomic mass is 9.96. The highest BCUT2D eigenvalue weighted by Gasteiger charge is 2.46. The smallest absolute Gasteiger partial charge is 0.259 e. The number of hydrogen-bond acceptors (Lipinski definition) is 8. The van der Waals surface area contributed by atoms with Gasteiger partial charge in [0, 0.05) is 33.3 Å². The van der Waals surface area contributed by atoms with Crippen molar-refractivity contribution in [2.24, 2.45) is 0 Å². The lowest BCUT2D eigenvalue weighted by Gasteiger charge is -2.40. The van der Waals surface area contributed by atoms with Gasteiger partial charge in [-0.3, -0.25) is 19.5 Å². The second-order valence-electron chi connectivity index (χ2n) is 9.14. The van der Waals surface area contributed by atoms with E-state index in [4.69, 9.17) is 4.74 Å². The zero-order valence-corrected chi connectivity index (χ0v) is 18.5. The molecule has 1 fully saturated rings. The van der Waals surface area contributed by atoms with Gasteiger partial charge in [0.2, 0.25) is 0 Å². The molecule has 6 N–H and O–H groups in total. The molecule has 36 heavy (non-hydrogen) atoms. The minimum Gasteiger partial charge on any atom is -0.394 e. The maximum atomic E-state index is 13.1. The molecule has 7 rings (SSSR count). The molecule has 0 spiro atoms. The quantitative estimate of drug-likeness (QED) is 0.197. The number of amides is 2. The molecule has 3 aromatic heterocycles. The summed E-state index contributed by atoms with van der Waals surface area (Å²) in [6, 6.07) is 10.8. The van der Waals surface area contributed by atoms with E-state index >= 15 is 0 Å². The Balaban J connectivity index is 1.70. The number of carbonyl (C=O) groups excluding carboxylic acids is 2. The molecule has 11 heteroatoms. The van der Waals surface area contributed by atoms with Crippen LogP contribution in [0.5, 0.6) is 0 Å². The number of aromatic nitrogens is 3. The Morgan fingerprint density at radius 3 is 2.42 bits per heavy atom. The summed E-state index contributed by atoms with van der Waals surface area (Å²) in [6.45, 7) is -0.597. The molecule has 5 atom stereocenters. The van der Waals surface area contributed by atoms with Gasteiger partial charge in [-0.1, -0.05) is 18.2 Å². The van der Waals surface area contributed by atoms with E-state index in [2.05, 4.69) is 15.3 Å². The van der Waals surface area contributed by atoms with Gasteiger partial charge in [-0.25, -0.2) is 4.98 Å². The van der Waals surface area contributed by atoms with Gasteiger partial charge < -0.3 is 30.1 Å². The highest BCUT2D eigenvalue weighted by Crippen LogP contribution is 2.45. The summed E-state index contributed by atoms with van der Waals surface area (Å²) in [5, 5.41) is 46.3. The van der Waals surface area contributed by atoms with Gasteiger partial charge in [-0.05, 0) is 18.2 Å². The third kappa shape index (κ3) is 2.55. The Bertz CT molecular complexity index is 1750. The number of aliphatic hydroxyl groups is 4. The van der Waals surface area contributed by atoms with Crippen LogP contribution in [0, 0.1) is 0 Å². The first kappa shape index (κ1) is 21.4. The average Bonchev–Trinajstić information content (AvgIpc) is 3.52. The van der Waals surface area contributed by atoms with E-state index in [9.17, 15) is 30.0 Å². The summed E-state index contributed by atoms with van der Waals surface area (Å²) < 4.78 is 7.47. The Kier molecular flexibility index (Phi) is 4.36. The van der Waals surface area contributed by atoms with Crippen molar-refractivity contribution in [2.75, 3.05) is 6.61 Å². The summed E-state index contributed by atoms with van der Waals surface area (Å²) in [6.07, 6.45) is -5.63. The number of H-pyrrole nitrogens is 1. The van der Waals surface area contributed by atoms with Crippen LogP contribution >= 0.6 is 0 Å². The number of nitrogens with zero attached hydrogens (tertiary/aromatic N) is 2. The highest BCUT2D eigenvalue weighted by atomic mass is 16.6. The van der Waals surface area contributed by atoms with Gasteiger partial charge >= 0.3 is 0 Å². The first-order valence-electron chi connectivity index (χ1n) is 11.4. The normalized spacial score (nSPS) is 26.4. The fourth-order valence-electron chi connectivity index (χ4n) is 5.69. The molecule has 2 aliphatic heterocycles.